The van der Waals surface area contributed by atoms with E-state index in [1.54, 1.807) is 11.8 Å². The van der Waals surface area contributed by atoms with Crippen LogP contribution in [-0.2, 0) is 9.53 Å². The number of aryl methyl sites for hydroxylation is 1. The zero-order chi connectivity index (χ0) is 15.3. The molecule has 1 saturated heterocycles. The highest BCUT2D eigenvalue weighted by atomic mass is 35.5. The molecular weight excluding hydrogens is 320 g/mol. The average Bonchev–Trinajstić information content (AvgIpc) is 2.48. The van der Waals surface area contributed by atoms with Crippen LogP contribution in [0.25, 0.3) is 0 Å². The van der Waals surface area contributed by atoms with Crippen molar-refractivity contribution >= 4 is 30.1 Å². The van der Waals surface area contributed by atoms with Crippen molar-refractivity contribution in [1.29, 1.82) is 0 Å². The van der Waals surface area contributed by atoms with Crippen molar-refractivity contribution in [3.63, 3.8) is 0 Å². The van der Waals surface area contributed by atoms with E-state index >= 15 is 0 Å². The Morgan fingerprint density at radius 1 is 1.36 bits per heavy atom. The lowest BCUT2D eigenvalue weighted by Gasteiger charge is -2.33. The first kappa shape index (κ1) is 19.3. The molecule has 0 saturated carbocycles. The summed E-state index contributed by atoms with van der Waals surface area (Å²) in [6.07, 6.45) is 1.60. The van der Waals surface area contributed by atoms with Gasteiger partial charge in [0.15, 0.2) is 0 Å². The fourth-order valence-electron chi connectivity index (χ4n) is 2.24. The summed E-state index contributed by atoms with van der Waals surface area (Å²) in [6, 6.07) is 8.22. The minimum atomic E-state index is -0.317. The van der Waals surface area contributed by atoms with Gasteiger partial charge in [0.2, 0.25) is 5.91 Å². The van der Waals surface area contributed by atoms with Gasteiger partial charge in [-0.3, -0.25) is 4.79 Å². The summed E-state index contributed by atoms with van der Waals surface area (Å²) in [5.74, 6) is 0.0388. The number of carbonyl (C=O) groups is 1. The molecule has 4 nitrogen and oxygen atoms in total. The summed E-state index contributed by atoms with van der Waals surface area (Å²) in [7, 11) is 0. The molecule has 6 heteroatoms. The number of hydrogen-bond acceptors (Lipinski definition) is 4. The van der Waals surface area contributed by atoms with Crippen LogP contribution in [0.2, 0.25) is 0 Å². The Balaban J connectivity index is 0.00000242. The lowest BCUT2D eigenvalue weighted by molar-refractivity contribution is -0.120. The second-order valence-corrected chi connectivity index (χ2v) is 7.18. The van der Waals surface area contributed by atoms with Crippen molar-refractivity contribution in [1.82, 2.24) is 5.32 Å². The molecule has 0 radical (unpaired) electrons. The first-order chi connectivity index (χ1) is 9.98. The molecule has 1 atom stereocenters. The summed E-state index contributed by atoms with van der Waals surface area (Å²) in [4.78, 5) is 13.3. The van der Waals surface area contributed by atoms with Crippen LogP contribution >= 0.6 is 24.2 Å². The van der Waals surface area contributed by atoms with Crippen LogP contribution < -0.4 is 11.1 Å². The molecule has 2 rings (SSSR count). The Kier molecular flexibility index (Phi) is 7.69. The fourth-order valence-corrected chi connectivity index (χ4v) is 3.13. The molecule has 0 aromatic heterocycles. The highest BCUT2D eigenvalue weighted by Crippen LogP contribution is 2.24. The van der Waals surface area contributed by atoms with E-state index in [-0.39, 0.29) is 29.1 Å². The summed E-state index contributed by atoms with van der Waals surface area (Å²) in [6.45, 7) is 5.86. The third-order valence-corrected chi connectivity index (χ3v) is 4.92. The maximum absolute atomic E-state index is 12.2. The number of amides is 1. The molecule has 1 unspecified atom stereocenters. The number of thioether (sulfide) groups is 1. The molecule has 1 aromatic rings. The van der Waals surface area contributed by atoms with Gasteiger partial charge < -0.3 is 15.8 Å². The minimum Gasteiger partial charge on any atom is -0.381 e. The van der Waals surface area contributed by atoms with E-state index in [1.165, 1.54) is 5.56 Å². The molecule has 0 spiro atoms. The average molecular weight is 345 g/mol. The highest BCUT2D eigenvalue weighted by molar-refractivity contribution is 8.00. The molecule has 1 amide bonds. The predicted octanol–water partition coefficient (Wildman–Crippen LogP) is 2.52. The van der Waals surface area contributed by atoms with Crippen molar-refractivity contribution in [2.45, 2.75) is 42.4 Å². The number of benzene rings is 1. The van der Waals surface area contributed by atoms with Crippen LogP contribution in [-0.4, -0.2) is 36.5 Å². The molecule has 0 bridgehead atoms. The van der Waals surface area contributed by atoms with E-state index in [2.05, 4.69) is 24.4 Å². The lowest BCUT2D eigenvalue weighted by Crippen LogP contribution is -2.54. The minimum absolute atomic E-state index is 0. The standard InChI is InChI=1S/C16H24N2O2S.ClH/c1-12-3-5-14(6-4-12)21-13(2)15(19)18-11-16(17)7-9-20-10-8-16;/h3-6,13H,7-11,17H2,1-2H3,(H,18,19);1H. The summed E-state index contributed by atoms with van der Waals surface area (Å²) >= 11 is 1.57. The number of halogens is 1. The van der Waals surface area contributed by atoms with Crippen molar-refractivity contribution in [3.8, 4) is 0 Å². The topological polar surface area (TPSA) is 64.4 Å². The van der Waals surface area contributed by atoms with E-state index in [0.29, 0.717) is 19.8 Å². The molecular formula is C16H25ClN2O2S. The van der Waals surface area contributed by atoms with Crippen LogP contribution in [0.3, 0.4) is 0 Å². The smallest absolute Gasteiger partial charge is 0.233 e. The Bertz CT molecular complexity index is 476. The number of rotatable bonds is 5. The van der Waals surface area contributed by atoms with Gasteiger partial charge in [-0.25, -0.2) is 0 Å². The van der Waals surface area contributed by atoms with Crippen molar-refractivity contribution < 1.29 is 9.53 Å². The Morgan fingerprint density at radius 2 is 1.95 bits per heavy atom. The SMILES string of the molecule is Cc1ccc(SC(C)C(=O)NCC2(N)CCOCC2)cc1.Cl. The van der Waals surface area contributed by atoms with Gasteiger partial charge in [-0.15, -0.1) is 24.2 Å². The van der Waals surface area contributed by atoms with E-state index in [9.17, 15) is 4.79 Å². The highest BCUT2D eigenvalue weighted by Gasteiger charge is 2.29. The molecule has 1 aliphatic heterocycles. The zero-order valence-electron chi connectivity index (χ0n) is 13.1. The molecule has 0 aliphatic carbocycles. The molecule has 124 valence electrons. The van der Waals surface area contributed by atoms with Crippen LogP contribution in [0.15, 0.2) is 29.2 Å². The van der Waals surface area contributed by atoms with Crippen molar-refractivity contribution in [2.24, 2.45) is 5.73 Å². The quantitative estimate of drug-likeness (QED) is 0.806. The molecule has 1 fully saturated rings. The first-order valence-corrected chi connectivity index (χ1v) is 8.24. The van der Waals surface area contributed by atoms with Crippen LogP contribution in [0, 0.1) is 6.92 Å². The molecule has 22 heavy (non-hydrogen) atoms. The van der Waals surface area contributed by atoms with Crippen molar-refractivity contribution in [2.75, 3.05) is 19.8 Å². The monoisotopic (exact) mass is 344 g/mol. The number of nitrogens with two attached hydrogens (primary N) is 1. The first-order valence-electron chi connectivity index (χ1n) is 7.36. The van der Waals surface area contributed by atoms with Crippen molar-refractivity contribution in [3.05, 3.63) is 29.8 Å². The molecule has 1 heterocycles. The summed E-state index contributed by atoms with van der Waals surface area (Å²) in [5, 5.41) is 2.86. The van der Waals surface area contributed by atoms with E-state index < -0.39 is 0 Å². The van der Waals surface area contributed by atoms with Gasteiger partial charge in [-0.2, -0.15) is 0 Å². The van der Waals surface area contributed by atoms with E-state index in [1.807, 2.05) is 19.1 Å². The second kappa shape index (κ2) is 8.77. The number of nitrogens with one attached hydrogen (secondary N) is 1. The van der Waals surface area contributed by atoms with Crippen LogP contribution in [0.1, 0.15) is 25.3 Å². The largest absolute Gasteiger partial charge is 0.381 e. The number of hydrogen-bond donors (Lipinski definition) is 2. The van der Waals surface area contributed by atoms with Gasteiger partial charge >= 0.3 is 0 Å². The molecule has 1 aromatic carbocycles. The zero-order valence-corrected chi connectivity index (χ0v) is 14.8. The van der Waals surface area contributed by atoms with Gasteiger partial charge in [0.1, 0.15) is 0 Å². The normalized spacial score (nSPS) is 18.1. The van der Waals surface area contributed by atoms with Crippen LogP contribution in [0.5, 0.6) is 0 Å². The Labute approximate surface area is 143 Å². The molecule has 3 N–H and O–H groups in total. The maximum atomic E-state index is 12.2. The number of ether oxygens (including phenoxy) is 1. The Morgan fingerprint density at radius 3 is 2.55 bits per heavy atom. The third-order valence-electron chi connectivity index (χ3n) is 3.81. The van der Waals surface area contributed by atoms with Gasteiger partial charge in [-0.1, -0.05) is 17.7 Å². The summed E-state index contributed by atoms with van der Waals surface area (Å²) in [5.41, 5.74) is 7.18. The van der Waals surface area contributed by atoms with Gasteiger partial charge in [0.05, 0.1) is 5.25 Å². The third kappa shape index (κ3) is 5.80. The predicted molar refractivity (Wildman–Crippen MR) is 93.7 cm³/mol. The fraction of sp³-hybridized carbons (Fsp3) is 0.562. The van der Waals surface area contributed by atoms with Gasteiger partial charge in [0, 0.05) is 30.2 Å². The second-order valence-electron chi connectivity index (χ2n) is 5.77. The van der Waals surface area contributed by atoms with E-state index in [4.69, 9.17) is 10.5 Å². The maximum Gasteiger partial charge on any atom is 0.233 e. The molecule has 1 aliphatic rings. The summed E-state index contributed by atoms with van der Waals surface area (Å²) < 4.78 is 5.31. The van der Waals surface area contributed by atoms with E-state index in [0.717, 1.165) is 17.7 Å². The van der Waals surface area contributed by atoms with Crippen LogP contribution in [0.4, 0.5) is 0 Å². The Hall–Kier alpha value is -0.750. The van der Waals surface area contributed by atoms with Gasteiger partial charge in [0.25, 0.3) is 0 Å². The van der Waals surface area contributed by atoms with Gasteiger partial charge in [-0.05, 0) is 38.8 Å². The lowest BCUT2D eigenvalue weighted by atomic mass is 9.91. The number of carbonyl (C=O) groups excluding carboxylic acids is 1.